The van der Waals surface area contributed by atoms with Crippen molar-refractivity contribution < 1.29 is 14.4 Å². The van der Waals surface area contributed by atoms with Crippen LogP contribution in [-0.4, -0.2) is 29.0 Å². The molecule has 0 unspecified atom stereocenters. The maximum atomic E-state index is 10.7. The first-order valence-corrected chi connectivity index (χ1v) is 11.1. The van der Waals surface area contributed by atoms with E-state index in [0.717, 1.165) is 25.0 Å². The minimum absolute atomic E-state index is 0.227. The maximum Gasteiger partial charge on any atom is 0.329 e. The molecule has 114 valence electrons. The molecule has 0 atom stereocenters. The van der Waals surface area contributed by atoms with Gasteiger partial charge in [-0.1, -0.05) is 63.1 Å². The molecule has 0 rings (SSSR count). The summed E-state index contributed by atoms with van der Waals surface area (Å²) in [5.41, 5.74) is 0. The fraction of sp³-hybridized carbons (Fsp3) is 0.929. The van der Waals surface area contributed by atoms with Gasteiger partial charge in [-0.05, 0) is 19.0 Å². The number of carbonyl (C=O) groups is 1. The van der Waals surface area contributed by atoms with Crippen molar-refractivity contribution in [2.45, 2.75) is 77.3 Å². The zero-order chi connectivity index (χ0) is 14.6. The van der Waals surface area contributed by atoms with E-state index < -0.39 is 8.56 Å². The summed E-state index contributed by atoms with van der Waals surface area (Å²) in [5.74, 6) is 0.973. The lowest BCUT2D eigenvalue weighted by Gasteiger charge is -2.10. The van der Waals surface area contributed by atoms with Crippen LogP contribution in [0.25, 0.3) is 0 Å². The second kappa shape index (κ2) is 11.9. The summed E-state index contributed by atoms with van der Waals surface area (Å²) >= 11 is 1.43. The van der Waals surface area contributed by atoms with Crippen LogP contribution in [0, 0.1) is 0 Å². The third-order valence-electron chi connectivity index (χ3n) is 3.10. The highest BCUT2D eigenvalue weighted by Crippen LogP contribution is 2.14. The number of hydrogen-bond donors (Lipinski definition) is 2. The molecule has 0 spiro atoms. The van der Waals surface area contributed by atoms with Crippen molar-refractivity contribution in [3.05, 3.63) is 0 Å². The Morgan fingerprint density at radius 1 is 0.895 bits per heavy atom. The zero-order valence-electron chi connectivity index (χ0n) is 12.5. The second-order valence-electron chi connectivity index (χ2n) is 5.49. The van der Waals surface area contributed by atoms with Gasteiger partial charge in [-0.15, -0.1) is 0 Å². The number of carbonyl (C=O) groups excluding carboxylic acids is 1. The Bertz CT molecular complexity index is 229. The highest BCUT2D eigenvalue weighted by atomic mass is 32.2. The second-order valence-corrected chi connectivity index (χ2v) is 9.69. The fourth-order valence-corrected chi connectivity index (χ4v) is 3.57. The van der Waals surface area contributed by atoms with Gasteiger partial charge < -0.3 is 9.59 Å². The Kier molecular flexibility index (Phi) is 12.0. The van der Waals surface area contributed by atoms with E-state index in [4.69, 9.17) is 0 Å². The predicted molar refractivity (Wildman–Crippen MR) is 85.6 cm³/mol. The van der Waals surface area contributed by atoms with E-state index in [1.807, 2.05) is 0 Å². The summed E-state index contributed by atoms with van der Waals surface area (Å²) in [6.07, 6.45) is 10.8. The van der Waals surface area contributed by atoms with Gasteiger partial charge in [-0.25, -0.2) is 0 Å². The molecule has 0 aliphatic heterocycles. The molecule has 0 aromatic carbocycles. The van der Waals surface area contributed by atoms with Crippen LogP contribution in [0.4, 0.5) is 0 Å². The first-order chi connectivity index (χ1) is 8.92. The molecule has 0 aromatic heterocycles. The van der Waals surface area contributed by atoms with E-state index in [2.05, 4.69) is 0 Å². The summed E-state index contributed by atoms with van der Waals surface area (Å²) in [7, 11) is -2.79. The van der Waals surface area contributed by atoms with Gasteiger partial charge in [0.05, 0.1) is 0 Å². The maximum absolute atomic E-state index is 10.7. The Balaban J connectivity index is 3.05. The van der Waals surface area contributed by atoms with Gasteiger partial charge in [0.25, 0.3) is 0 Å². The highest BCUT2D eigenvalue weighted by molar-refractivity contribution is 8.13. The first-order valence-electron chi connectivity index (χ1n) is 7.50. The SMILES string of the molecule is CC(=O)SCCCCCCCCCCC[Si](C)(O)O. The summed E-state index contributed by atoms with van der Waals surface area (Å²) in [4.78, 5) is 29.2. The van der Waals surface area contributed by atoms with Crippen LogP contribution in [0.1, 0.15) is 64.7 Å². The number of hydrogen-bond acceptors (Lipinski definition) is 4. The third-order valence-corrected chi connectivity index (χ3v) is 5.30. The normalized spacial score (nSPS) is 11.8. The molecule has 0 aliphatic carbocycles. The first kappa shape index (κ1) is 19.2. The Morgan fingerprint density at radius 3 is 1.74 bits per heavy atom. The van der Waals surface area contributed by atoms with Crippen molar-refractivity contribution in [3.63, 3.8) is 0 Å². The number of thioether (sulfide) groups is 1. The molecule has 5 heteroatoms. The highest BCUT2D eigenvalue weighted by Gasteiger charge is 2.19. The Labute approximate surface area is 123 Å². The largest absolute Gasteiger partial charge is 0.411 e. The molecule has 0 saturated heterocycles. The molecular weight excluding hydrogens is 276 g/mol. The van der Waals surface area contributed by atoms with Crippen molar-refractivity contribution in [2.24, 2.45) is 0 Å². The van der Waals surface area contributed by atoms with E-state index in [1.54, 1.807) is 13.5 Å². The average Bonchev–Trinajstić information content (AvgIpc) is 2.28. The van der Waals surface area contributed by atoms with Crippen molar-refractivity contribution in [2.75, 3.05) is 5.75 Å². The molecule has 0 bridgehead atoms. The molecule has 0 saturated carbocycles. The van der Waals surface area contributed by atoms with E-state index in [0.29, 0.717) is 6.04 Å². The molecule has 0 fully saturated rings. The van der Waals surface area contributed by atoms with Crippen LogP contribution in [0.3, 0.4) is 0 Å². The molecule has 0 radical (unpaired) electrons. The molecule has 0 heterocycles. The van der Waals surface area contributed by atoms with E-state index in [1.165, 1.54) is 50.3 Å². The molecule has 0 aromatic rings. The molecule has 0 aliphatic rings. The third kappa shape index (κ3) is 18.2. The van der Waals surface area contributed by atoms with Crippen LogP contribution in [-0.2, 0) is 4.79 Å². The predicted octanol–water partition coefficient (Wildman–Crippen LogP) is 3.83. The Hall–Kier alpha value is 0.157. The molecule has 3 nitrogen and oxygen atoms in total. The van der Waals surface area contributed by atoms with E-state index in [-0.39, 0.29) is 5.12 Å². The van der Waals surface area contributed by atoms with Crippen LogP contribution in [0.15, 0.2) is 0 Å². The smallest absolute Gasteiger partial charge is 0.329 e. The summed E-state index contributed by atoms with van der Waals surface area (Å²) < 4.78 is 0. The lowest BCUT2D eigenvalue weighted by Crippen LogP contribution is -2.29. The monoisotopic (exact) mass is 306 g/mol. The van der Waals surface area contributed by atoms with Crippen LogP contribution in [0.2, 0.25) is 12.6 Å². The van der Waals surface area contributed by atoms with Crippen molar-refractivity contribution in [1.29, 1.82) is 0 Å². The summed E-state index contributed by atoms with van der Waals surface area (Å²) in [5, 5.41) is 0.227. The minimum atomic E-state index is -2.79. The van der Waals surface area contributed by atoms with Crippen LogP contribution < -0.4 is 0 Å². The van der Waals surface area contributed by atoms with Gasteiger partial charge >= 0.3 is 8.56 Å². The van der Waals surface area contributed by atoms with Crippen LogP contribution >= 0.6 is 11.8 Å². The van der Waals surface area contributed by atoms with E-state index >= 15 is 0 Å². The quantitative estimate of drug-likeness (QED) is 0.425. The lowest BCUT2D eigenvalue weighted by atomic mass is 10.1. The van der Waals surface area contributed by atoms with Gasteiger partial charge in [-0.2, -0.15) is 0 Å². The molecule has 2 N–H and O–H groups in total. The van der Waals surface area contributed by atoms with Crippen molar-refractivity contribution in [1.82, 2.24) is 0 Å². The fourth-order valence-electron chi connectivity index (χ4n) is 2.02. The van der Waals surface area contributed by atoms with E-state index in [9.17, 15) is 14.4 Å². The lowest BCUT2D eigenvalue weighted by molar-refractivity contribution is -0.109. The number of rotatable bonds is 12. The molecule has 19 heavy (non-hydrogen) atoms. The topological polar surface area (TPSA) is 57.5 Å². The summed E-state index contributed by atoms with van der Waals surface area (Å²) in [6, 6.07) is 0.612. The zero-order valence-corrected chi connectivity index (χ0v) is 14.3. The van der Waals surface area contributed by atoms with Gasteiger partial charge in [0.15, 0.2) is 5.12 Å². The van der Waals surface area contributed by atoms with Gasteiger partial charge in [0.1, 0.15) is 0 Å². The van der Waals surface area contributed by atoms with Gasteiger partial charge in [-0.3, -0.25) is 4.79 Å². The van der Waals surface area contributed by atoms with Crippen LogP contribution in [0.5, 0.6) is 0 Å². The average molecular weight is 307 g/mol. The summed E-state index contributed by atoms with van der Waals surface area (Å²) in [6.45, 7) is 3.21. The Morgan fingerprint density at radius 2 is 1.32 bits per heavy atom. The molecular formula is C14H30O3SSi. The van der Waals surface area contributed by atoms with Gasteiger partial charge in [0, 0.05) is 12.7 Å². The van der Waals surface area contributed by atoms with Gasteiger partial charge in [0.2, 0.25) is 0 Å². The minimum Gasteiger partial charge on any atom is -0.411 e. The number of unbranched alkanes of at least 4 members (excludes halogenated alkanes) is 8. The van der Waals surface area contributed by atoms with Crippen molar-refractivity contribution in [3.8, 4) is 0 Å². The van der Waals surface area contributed by atoms with Crippen molar-refractivity contribution >= 4 is 25.4 Å². The molecule has 0 amide bonds. The standard InChI is InChI=1S/C14H30O3SSi/c1-14(15)18-12-10-8-6-4-3-5-7-9-11-13-19(2,16)17/h16-17H,3-13H2,1-2H3.